The molecule has 0 aliphatic rings. The maximum absolute atomic E-state index is 12.5. The smallest absolute Gasteiger partial charge is 0.364 e. The molecule has 15 heavy (non-hydrogen) atoms. The van der Waals surface area contributed by atoms with Crippen molar-refractivity contribution in [3.63, 3.8) is 0 Å². The number of halogens is 4. The Morgan fingerprint density at radius 3 is 2.60 bits per heavy atom. The zero-order valence-corrected chi connectivity index (χ0v) is 8.86. The quantitative estimate of drug-likeness (QED) is 0.884. The molecule has 1 heterocycles. The van der Waals surface area contributed by atoms with Gasteiger partial charge in [-0.3, -0.25) is 0 Å². The van der Waals surface area contributed by atoms with Crippen molar-refractivity contribution in [1.29, 1.82) is 0 Å². The van der Waals surface area contributed by atoms with Gasteiger partial charge in [-0.2, -0.15) is 13.2 Å². The molecule has 1 atom stereocenters. The van der Waals surface area contributed by atoms with Crippen molar-refractivity contribution in [3.8, 4) is 0 Å². The lowest BCUT2D eigenvalue weighted by Crippen LogP contribution is -2.24. The summed E-state index contributed by atoms with van der Waals surface area (Å²) in [6.45, 7) is 0.289. The monoisotopic (exact) mass is 244 g/mol. The fourth-order valence-corrected chi connectivity index (χ4v) is 1.17. The number of hydrogen-bond acceptors (Lipinski definition) is 3. The van der Waals surface area contributed by atoms with E-state index in [1.807, 2.05) is 0 Å². The minimum absolute atomic E-state index is 0. The Morgan fingerprint density at radius 1 is 1.53 bits per heavy atom. The van der Waals surface area contributed by atoms with E-state index < -0.39 is 12.1 Å². The highest BCUT2D eigenvalue weighted by molar-refractivity contribution is 5.85. The normalized spacial score (nSPS) is 13.3. The highest BCUT2D eigenvalue weighted by Crippen LogP contribution is 2.36. The van der Waals surface area contributed by atoms with Crippen LogP contribution >= 0.6 is 12.4 Å². The summed E-state index contributed by atoms with van der Waals surface area (Å²) in [5.41, 5.74) is -0.0623. The Morgan fingerprint density at radius 2 is 2.20 bits per heavy atom. The summed E-state index contributed by atoms with van der Waals surface area (Å²) in [4.78, 5) is 0. The van der Waals surface area contributed by atoms with Crippen molar-refractivity contribution in [1.82, 2.24) is 10.5 Å². The second-order valence-electron chi connectivity index (χ2n) is 2.91. The summed E-state index contributed by atoms with van der Waals surface area (Å²) < 4.78 is 41.9. The van der Waals surface area contributed by atoms with E-state index in [0.717, 1.165) is 6.26 Å². The molecular formula is C8H12ClF3N2O. The first kappa shape index (κ1) is 14.2. The number of alkyl halides is 3. The van der Waals surface area contributed by atoms with Gasteiger partial charge in [-0.1, -0.05) is 5.16 Å². The highest BCUT2D eigenvalue weighted by atomic mass is 35.5. The molecular weight excluding hydrogens is 233 g/mol. The number of nitrogens with zero attached hydrogens (tertiary/aromatic N) is 1. The molecule has 1 aromatic rings. The van der Waals surface area contributed by atoms with Crippen LogP contribution in [0, 0.1) is 0 Å². The van der Waals surface area contributed by atoms with E-state index in [-0.39, 0.29) is 31.1 Å². The summed E-state index contributed by atoms with van der Waals surface area (Å²) in [5.74, 6) is -1.55. The van der Waals surface area contributed by atoms with Gasteiger partial charge < -0.3 is 9.84 Å². The van der Waals surface area contributed by atoms with Crippen LogP contribution in [0.15, 0.2) is 16.9 Å². The van der Waals surface area contributed by atoms with E-state index in [9.17, 15) is 13.2 Å². The number of rotatable bonds is 4. The molecule has 0 fully saturated rings. The van der Waals surface area contributed by atoms with E-state index in [4.69, 9.17) is 0 Å². The van der Waals surface area contributed by atoms with Crippen LogP contribution in [0.2, 0.25) is 0 Å². The van der Waals surface area contributed by atoms with Crippen molar-refractivity contribution in [2.45, 2.75) is 18.5 Å². The van der Waals surface area contributed by atoms with Gasteiger partial charge in [-0.15, -0.1) is 12.4 Å². The molecule has 0 spiro atoms. The summed E-state index contributed by atoms with van der Waals surface area (Å²) >= 11 is 0. The predicted octanol–water partition coefficient (Wildman–Crippen LogP) is 2.35. The van der Waals surface area contributed by atoms with E-state index in [2.05, 4.69) is 15.0 Å². The van der Waals surface area contributed by atoms with Gasteiger partial charge in [0.15, 0.2) is 0 Å². The van der Waals surface area contributed by atoms with Crippen molar-refractivity contribution in [3.05, 3.63) is 18.0 Å². The van der Waals surface area contributed by atoms with E-state index >= 15 is 0 Å². The Balaban J connectivity index is 0.00000196. The van der Waals surface area contributed by atoms with E-state index in [0.29, 0.717) is 0 Å². The zero-order chi connectivity index (χ0) is 10.6. The lowest BCUT2D eigenvalue weighted by atomic mass is 10.0. The maximum atomic E-state index is 12.5. The summed E-state index contributed by atoms with van der Waals surface area (Å²) in [5, 5.41) is 5.99. The molecule has 0 saturated carbocycles. The van der Waals surface area contributed by atoms with Crippen LogP contribution in [0.3, 0.4) is 0 Å². The van der Waals surface area contributed by atoms with Crippen LogP contribution in [-0.2, 0) is 0 Å². The van der Waals surface area contributed by atoms with Crippen molar-refractivity contribution < 1.29 is 17.7 Å². The third-order valence-corrected chi connectivity index (χ3v) is 1.89. The molecule has 0 amide bonds. The molecule has 0 aliphatic heterocycles. The number of hydrogen-bond donors (Lipinski definition) is 1. The highest BCUT2D eigenvalue weighted by Gasteiger charge is 2.41. The topological polar surface area (TPSA) is 38.1 Å². The fraction of sp³-hybridized carbons (Fsp3) is 0.625. The standard InChI is InChI=1S/C8H11F3N2O.ClH/c1-12-4-2-6(8(9,10)11)7-3-5-14-13-7;/h3,5-6,12H,2,4H2,1H3;1H. The molecule has 1 unspecified atom stereocenters. The molecule has 0 aromatic carbocycles. The molecule has 1 N–H and O–H groups in total. The van der Waals surface area contributed by atoms with Gasteiger partial charge in [0.2, 0.25) is 0 Å². The molecule has 0 aliphatic carbocycles. The second-order valence-corrected chi connectivity index (χ2v) is 2.91. The minimum Gasteiger partial charge on any atom is -0.364 e. The van der Waals surface area contributed by atoms with Gasteiger partial charge in [0.1, 0.15) is 12.2 Å². The fourth-order valence-electron chi connectivity index (χ4n) is 1.17. The Hall–Kier alpha value is -0.750. The molecule has 0 bridgehead atoms. The van der Waals surface area contributed by atoms with E-state index in [1.54, 1.807) is 7.05 Å². The average Bonchev–Trinajstić information content (AvgIpc) is 2.55. The lowest BCUT2D eigenvalue weighted by Gasteiger charge is -2.17. The van der Waals surface area contributed by atoms with Crippen molar-refractivity contribution in [2.75, 3.05) is 13.6 Å². The minimum atomic E-state index is -4.27. The molecule has 3 nitrogen and oxygen atoms in total. The molecule has 0 radical (unpaired) electrons. The first-order valence-electron chi connectivity index (χ1n) is 4.17. The van der Waals surface area contributed by atoms with Crippen molar-refractivity contribution in [2.24, 2.45) is 0 Å². The first-order valence-corrected chi connectivity index (χ1v) is 4.17. The third kappa shape index (κ3) is 4.09. The Labute approximate surface area is 91.4 Å². The number of nitrogens with one attached hydrogen (secondary N) is 1. The van der Waals surface area contributed by atoms with Gasteiger partial charge in [0.05, 0.1) is 5.69 Å². The van der Waals surface area contributed by atoms with Crippen LogP contribution in [0.25, 0.3) is 0 Å². The summed E-state index contributed by atoms with van der Waals surface area (Å²) in [6.07, 6.45) is -3.16. The number of aromatic nitrogens is 1. The maximum Gasteiger partial charge on any atom is 0.397 e. The van der Waals surface area contributed by atoms with Gasteiger partial charge in [0.25, 0.3) is 0 Å². The van der Waals surface area contributed by atoms with Crippen molar-refractivity contribution >= 4 is 12.4 Å². The molecule has 7 heteroatoms. The Kier molecular flexibility index (Phi) is 5.67. The average molecular weight is 245 g/mol. The van der Waals surface area contributed by atoms with Gasteiger partial charge >= 0.3 is 6.18 Å². The largest absolute Gasteiger partial charge is 0.397 e. The molecule has 1 aromatic heterocycles. The summed E-state index contributed by atoms with van der Waals surface area (Å²) in [6, 6.07) is 1.24. The van der Waals surface area contributed by atoms with Crippen LogP contribution in [0.5, 0.6) is 0 Å². The Bertz CT molecular complexity index is 263. The third-order valence-electron chi connectivity index (χ3n) is 1.89. The first-order chi connectivity index (χ1) is 6.55. The van der Waals surface area contributed by atoms with Gasteiger partial charge in [-0.25, -0.2) is 0 Å². The second kappa shape index (κ2) is 5.97. The van der Waals surface area contributed by atoms with Crippen LogP contribution in [0.1, 0.15) is 18.0 Å². The molecule has 1 rings (SSSR count). The van der Waals surface area contributed by atoms with Gasteiger partial charge in [-0.05, 0) is 20.0 Å². The predicted molar refractivity (Wildman–Crippen MR) is 51.1 cm³/mol. The van der Waals surface area contributed by atoms with Gasteiger partial charge in [0, 0.05) is 6.07 Å². The van der Waals surface area contributed by atoms with Crippen LogP contribution in [-0.4, -0.2) is 24.9 Å². The molecule has 88 valence electrons. The lowest BCUT2D eigenvalue weighted by molar-refractivity contribution is -0.152. The van der Waals surface area contributed by atoms with Crippen LogP contribution in [0.4, 0.5) is 13.2 Å². The molecule has 0 saturated heterocycles. The summed E-state index contributed by atoms with van der Waals surface area (Å²) in [7, 11) is 1.61. The van der Waals surface area contributed by atoms with E-state index in [1.165, 1.54) is 6.07 Å². The van der Waals surface area contributed by atoms with Crippen LogP contribution < -0.4 is 5.32 Å². The SMILES string of the molecule is CNCCC(c1ccon1)C(F)(F)F.Cl. The zero-order valence-electron chi connectivity index (χ0n) is 8.04.